The Morgan fingerprint density at radius 1 is 0.857 bits per heavy atom. The van der Waals surface area contributed by atoms with Gasteiger partial charge >= 0.3 is 0 Å². The number of rotatable bonds is 2. The van der Waals surface area contributed by atoms with E-state index in [4.69, 9.17) is 5.73 Å². The smallest absolute Gasteiger partial charge is 0.168 e. The third-order valence-corrected chi connectivity index (χ3v) is 3.73. The molecule has 0 bridgehead atoms. The fourth-order valence-electron chi connectivity index (χ4n) is 2.62. The van der Waals surface area contributed by atoms with Crippen LogP contribution in [-0.2, 0) is 6.54 Å². The Balaban J connectivity index is 2.01. The zero-order valence-corrected chi connectivity index (χ0v) is 11.4. The maximum atomic E-state index is 5.65. The number of hydrogen-bond acceptors (Lipinski definition) is 3. The van der Waals surface area contributed by atoms with Gasteiger partial charge in [-0.3, -0.25) is 4.40 Å². The topological polar surface area (TPSA) is 56.2 Å². The third-order valence-electron chi connectivity index (χ3n) is 3.73. The quantitative estimate of drug-likeness (QED) is 0.611. The molecule has 2 N–H and O–H groups in total. The van der Waals surface area contributed by atoms with Gasteiger partial charge in [-0.25, -0.2) is 0 Å². The normalized spacial score (nSPS) is 11.3. The molecule has 0 radical (unpaired) electrons. The molecule has 4 aromatic rings. The van der Waals surface area contributed by atoms with Crippen molar-refractivity contribution < 1.29 is 0 Å². The van der Waals surface area contributed by atoms with E-state index in [1.807, 2.05) is 42.5 Å². The van der Waals surface area contributed by atoms with E-state index < -0.39 is 0 Å². The molecule has 2 aromatic heterocycles. The van der Waals surface area contributed by atoms with E-state index in [1.165, 1.54) is 5.39 Å². The van der Waals surface area contributed by atoms with Crippen molar-refractivity contribution in [3.8, 4) is 11.4 Å². The highest BCUT2D eigenvalue weighted by Gasteiger charge is 2.10. The third kappa shape index (κ3) is 1.88. The first-order chi connectivity index (χ1) is 10.4. The van der Waals surface area contributed by atoms with Crippen molar-refractivity contribution in [2.24, 2.45) is 5.73 Å². The molecule has 0 fully saturated rings. The Bertz CT molecular complexity index is 922. The maximum absolute atomic E-state index is 5.65. The SMILES string of the molecule is NCc1ccc(-c2nnc3ccc4ccccc4n23)cc1. The van der Waals surface area contributed by atoms with E-state index in [0.29, 0.717) is 6.54 Å². The van der Waals surface area contributed by atoms with Crippen molar-refractivity contribution in [3.05, 3.63) is 66.2 Å². The lowest BCUT2D eigenvalue weighted by atomic mass is 10.1. The maximum Gasteiger partial charge on any atom is 0.168 e. The van der Waals surface area contributed by atoms with Crippen LogP contribution in [-0.4, -0.2) is 14.6 Å². The number of benzene rings is 2. The zero-order valence-electron chi connectivity index (χ0n) is 11.4. The van der Waals surface area contributed by atoms with Crippen molar-refractivity contribution in [2.45, 2.75) is 6.54 Å². The summed E-state index contributed by atoms with van der Waals surface area (Å²) in [5, 5.41) is 9.80. The summed E-state index contributed by atoms with van der Waals surface area (Å²) in [5.41, 5.74) is 9.76. The van der Waals surface area contributed by atoms with E-state index in [2.05, 4.69) is 32.8 Å². The van der Waals surface area contributed by atoms with Crippen LogP contribution in [0.25, 0.3) is 27.9 Å². The summed E-state index contributed by atoms with van der Waals surface area (Å²) in [7, 11) is 0. The van der Waals surface area contributed by atoms with Gasteiger partial charge in [0.15, 0.2) is 11.5 Å². The van der Waals surface area contributed by atoms with E-state index >= 15 is 0 Å². The van der Waals surface area contributed by atoms with Crippen molar-refractivity contribution in [2.75, 3.05) is 0 Å². The first kappa shape index (κ1) is 12.1. The van der Waals surface area contributed by atoms with Crippen LogP contribution in [0.15, 0.2) is 60.7 Å². The van der Waals surface area contributed by atoms with Crippen molar-refractivity contribution >= 4 is 16.6 Å². The molecule has 0 atom stereocenters. The van der Waals surface area contributed by atoms with Gasteiger partial charge in [-0.15, -0.1) is 10.2 Å². The lowest BCUT2D eigenvalue weighted by Gasteiger charge is -2.05. The standard InChI is InChI=1S/C17H14N4/c18-11-12-5-7-14(8-6-12)17-20-19-16-10-9-13-3-1-2-4-15(13)21(16)17/h1-10H,11,18H2. The molecule has 0 aliphatic heterocycles. The molecular formula is C17H14N4. The van der Waals surface area contributed by atoms with Crippen LogP contribution in [0.3, 0.4) is 0 Å². The second-order valence-electron chi connectivity index (χ2n) is 5.01. The summed E-state index contributed by atoms with van der Waals surface area (Å²) < 4.78 is 2.09. The molecule has 0 saturated heterocycles. The average Bonchev–Trinajstić information content (AvgIpc) is 2.99. The van der Waals surface area contributed by atoms with Gasteiger partial charge in [0.1, 0.15) is 0 Å². The molecule has 4 heteroatoms. The number of hydrogen-bond donors (Lipinski definition) is 1. The Labute approximate surface area is 121 Å². The Kier molecular flexibility index (Phi) is 2.69. The summed E-state index contributed by atoms with van der Waals surface area (Å²) in [6.45, 7) is 0.545. The number of para-hydroxylation sites is 1. The van der Waals surface area contributed by atoms with Crippen molar-refractivity contribution in [1.82, 2.24) is 14.6 Å². The number of pyridine rings is 1. The van der Waals surface area contributed by atoms with Crippen LogP contribution in [0.2, 0.25) is 0 Å². The monoisotopic (exact) mass is 274 g/mol. The van der Waals surface area contributed by atoms with Crippen LogP contribution in [0.1, 0.15) is 5.56 Å². The highest BCUT2D eigenvalue weighted by Crippen LogP contribution is 2.23. The van der Waals surface area contributed by atoms with Gasteiger partial charge in [-0.1, -0.05) is 42.5 Å². The van der Waals surface area contributed by atoms with Gasteiger partial charge in [0, 0.05) is 12.1 Å². The fraction of sp³-hybridized carbons (Fsp3) is 0.0588. The van der Waals surface area contributed by atoms with E-state index in [9.17, 15) is 0 Å². The molecule has 21 heavy (non-hydrogen) atoms. The lowest BCUT2D eigenvalue weighted by molar-refractivity contribution is 1.07. The van der Waals surface area contributed by atoms with Crippen LogP contribution in [0.5, 0.6) is 0 Å². The molecule has 0 aliphatic carbocycles. The van der Waals surface area contributed by atoms with Gasteiger partial charge < -0.3 is 5.73 Å². The molecule has 4 nitrogen and oxygen atoms in total. The minimum absolute atomic E-state index is 0.545. The molecule has 0 spiro atoms. The number of nitrogens with zero attached hydrogens (tertiary/aromatic N) is 3. The summed E-state index contributed by atoms with van der Waals surface area (Å²) in [4.78, 5) is 0. The van der Waals surface area contributed by atoms with Crippen LogP contribution < -0.4 is 5.73 Å². The summed E-state index contributed by atoms with van der Waals surface area (Å²) in [6.07, 6.45) is 0. The second kappa shape index (κ2) is 4.68. The van der Waals surface area contributed by atoms with Gasteiger partial charge in [0.25, 0.3) is 0 Å². The Morgan fingerprint density at radius 3 is 2.48 bits per heavy atom. The molecule has 2 heterocycles. The number of nitrogens with two attached hydrogens (primary N) is 1. The molecule has 0 aliphatic rings. The fourth-order valence-corrected chi connectivity index (χ4v) is 2.62. The predicted molar refractivity (Wildman–Crippen MR) is 83.8 cm³/mol. The molecule has 0 unspecified atom stereocenters. The van der Waals surface area contributed by atoms with E-state index in [0.717, 1.165) is 28.1 Å². The number of aromatic nitrogens is 3. The highest BCUT2D eigenvalue weighted by molar-refractivity contribution is 5.83. The van der Waals surface area contributed by atoms with Gasteiger partial charge in [0.2, 0.25) is 0 Å². The van der Waals surface area contributed by atoms with Crippen LogP contribution in [0, 0.1) is 0 Å². The zero-order chi connectivity index (χ0) is 14.2. The molecule has 0 saturated carbocycles. The Hall–Kier alpha value is -2.72. The highest BCUT2D eigenvalue weighted by atomic mass is 15.2. The largest absolute Gasteiger partial charge is 0.326 e. The molecular weight excluding hydrogens is 260 g/mol. The van der Waals surface area contributed by atoms with E-state index in [1.54, 1.807) is 0 Å². The molecule has 0 amide bonds. The second-order valence-corrected chi connectivity index (χ2v) is 5.01. The van der Waals surface area contributed by atoms with Gasteiger partial charge in [-0.2, -0.15) is 0 Å². The average molecular weight is 274 g/mol. The summed E-state index contributed by atoms with van der Waals surface area (Å²) in [5.74, 6) is 0.852. The number of fused-ring (bicyclic) bond motifs is 3. The minimum atomic E-state index is 0.545. The van der Waals surface area contributed by atoms with Crippen molar-refractivity contribution in [1.29, 1.82) is 0 Å². The minimum Gasteiger partial charge on any atom is -0.326 e. The predicted octanol–water partition coefficient (Wildman–Crippen LogP) is 3.01. The summed E-state index contributed by atoms with van der Waals surface area (Å²) >= 11 is 0. The van der Waals surface area contributed by atoms with Crippen LogP contribution >= 0.6 is 0 Å². The summed E-state index contributed by atoms with van der Waals surface area (Å²) in [6, 6.07) is 20.5. The first-order valence-corrected chi connectivity index (χ1v) is 6.89. The van der Waals surface area contributed by atoms with E-state index in [-0.39, 0.29) is 0 Å². The van der Waals surface area contributed by atoms with Crippen molar-refractivity contribution in [3.63, 3.8) is 0 Å². The molecule has 4 rings (SSSR count). The first-order valence-electron chi connectivity index (χ1n) is 6.89. The van der Waals surface area contributed by atoms with Crippen LogP contribution in [0.4, 0.5) is 0 Å². The molecule has 2 aromatic carbocycles. The molecule has 102 valence electrons. The Morgan fingerprint density at radius 2 is 1.67 bits per heavy atom. The lowest BCUT2D eigenvalue weighted by Crippen LogP contribution is -1.96. The van der Waals surface area contributed by atoms with Gasteiger partial charge in [0.05, 0.1) is 5.52 Å². The van der Waals surface area contributed by atoms with Gasteiger partial charge in [-0.05, 0) is 29.1 Å².